The molecule has 9 heteroatoms. The van der Waals surface area contributed by atoms with Gasteiger partial charge in [0.2, 0.25) is 0 Å². The molecule has 0 heterocycles. The third-order valence-electron chi connectivity index (χ3n) is 1.91. The zero-order chi connectivity index (χ0) is 14.3. The van der Waals surface area contributed by atoms with Gasteiger partial charge in [0.25, 0.3) is 5.91 Å². The highest BCUT2D eigenvalue weighted by Crippen LogP contribution is 2.22. The number of carbonyl (C=O) groups excluding carboxylic acids is 1. The van der Waals surface area contributed by atoms with E-state index in [0.29, 0.717) is 0 Å². The molecule has 19 heavy (non-hydrogen) atoms. The SMILES string of the molecule is [N-]=[N+]=NCCNC(=O)c1ccc(OC(F)(F)F)cc1. The van der Waals surface area contributed by atoms with Gasteiger partial charge in [0.1, 0.15) is 5.75 Å². The summed E-state index contributed by atoms with van der Waals surface area (Å²) in [7, 11) is 0. The molecule has 1 aromatic rings. The van der Waals surface area contributed by atoms with Crippen LogP contribution in [0.3, 0.4) is 0 Å². The maximum atomic E-state index is 11.9. The third kappa shape index (κ3) is 5.64. The number of carbonyl (C=O) groups is 1. The van der Waals surface area contributed by atoms with Gasteiger partial charge in [-0.05, 0) is 29.8 Å². The Morgan fingerprint density at radius 1 is 1.37 bits per heavy atom. The Hall–Kier alpha value is -2.41. The molecule has 0 saturated carbocycles. The molecule has 0 unspecified atom stereocenters. The van der Waals surface area contributed by atoms with Crippen molar-refractivity contribution in [2.45, 2.75) is 6.36 Å². The van der Waals surface area contributed by atoms with Crippen molar-refractivity contribution in [3.8, 4) is 5.75 Å². The van der Waals surface area contributed by atoms with Gasteiger partial charge < -0.3 is 10.1 Å². The summed E-state index contributed by atoms with van der Waals surface area (Å²) in [4.78, 5) is 14.0. The predicted octanol–water partition coefficient (Wildman–Crippen LogP) is 2.63. The lowest BCUT2D eigenvalue weighted by Crippen LogP contribution is -2.25. The summed E-state index contributed by atoms with van der Waals surface area (Å²) in [6, 6.07) is 4.47. The van der Waals surface area contributed by atoms with Crippen molar-refractivity contribution in [1.29, 1.82) is 0 Å². The molecule has 0 fully saturated rings. The Labute approximate surface area is 105 Å². The van der Waals surface area contributed by atoms with Gasteiger partial charge in [-0.15, -0.1) is 13.2 Å². The van der Waals surface area contributed by atoms with Crippen LogP contribution >= 0.6 is 0 Å². The Morgan fingerprint density at radius 2 is 2.00 bits per heavy atom. The topological polar surface area (TPSA) is 87.1 Å². The maximum Gasteiger partial charge on any atom is 0.573 e. The van der Waals surface area contributed by atoms with Crippen molar-refractivity contribution >= 4 is 5.91 Å². The van der Waals surface area contributed by atoms with E-state index in [-0.39, 0.29) is 18.7 Å². The van der Waals surface area contributed by atoms with Crippen LogP contribution in [0.15, 0.2) is 29.4 Å². The molecule has 0 aromatic heterocycles. The summed E-state index contributed by atoms with van der Waals surface area (Å²) >= 11 is 0. The zero-order valence-electron chi connectivity index (χ0n) is 9.52. The fraction of sp³-hybridized carbons (Fsp3) is 0.300. The summed E-state index contributed by atoms with van der Waals surface area (Å²) < 4.78 is 39.4. The van der Waals surface area contributed by atoms with E-state index in [1.54, 1.807) is 0 Å². The molecule has 102 valence electrons. The van der Waals surface area contributed by atoms with Crippen molar-refractivity contribution in [2.75, 3.05) is 13.1 Å². The zero-order valence-corrected chi connectivity index (χ0v) is 9.52. The number of alkyl halides is 3. The first kappa shape index (κ1) is 14.7. The van der Waals surface area contributed by atoms with Crippen LogP contribution in [0.5, 0.6) is 5.75 Å². The van der Waals surface area contributed by atoms with Crippen LogP contribution in [0.1, 0.15) is 10.4 Å². The first-order valence-electron chi connectivity index (χ1n) is 5.07. The highest BCUT2D eigenvalue weighted by atomic mass is 19.4. The van der Waals surface area contributed by atoms with Gasteiger partial charge in [0.15, 0.2) is 0 Å². The van der Waals surface area contributed by atoms with Crippen molar-refractivity contribution in [3.63, 3.8) is 0 Å². The Bertz CT molecular complexity index is 481. The third-order valence-corrected chi connectivity index (χ3v) is 1.91. The van der Waals surface area contributed by atoms with Crippen LogP contribution in [0.2, 0.25) is 0 Å². The first-order valence-corrected chi connectivity index (χ1v) is 5.07. The Balaban J connectivity index is 2.55. The van der Waals surface area contributed by atoms with Gasteiger partial charge >= 0.3 is 6.36 Å². The average molecular weight is 274 g/mol. The molecule has 6 nitrogen and oxygen atoms in total. The minimum atomic E-state index is -4.76. The molecule has 0 aliphatic rings. The van der Waals surface area contributed by atoms with E-state index in [0.717, 1.165) is 12.1 Å². The van der Waals surface area contributed by atoms with Gasteiger partial charge in [-0.2, -0.15) is 0 Å². The van der Waals surface area contributed by atoms with Gasteiger partial charge in [-0.1, -0.05) is 5.11 Å². The van der Waals surface area contributed by atoms with Gasteiger partial charge in [0, 0.05) is 23.6 Å². The molecule has 1 rings (SSSR count). The van der Waals surface area contributed by atoms with Crippen LogP contribution in [0.25, 0.3) is 10.4 Å². The highest BCUT2D eigenvalue weighted by molar-refractivity contribution is 5.94. The summed E-state index contributed by atoms with van der Waals surface area (Å²) in [5.74, 6) is -0.884. The number of halogens is 3. The molecule has 0 atom stereocenters. The molecule has 0 spiro atoms. The molecule has 0 aliphatic carbocycles. The Kier molecular flexibility index (Phi) is 5.01. The van der Waals surface area contributed by atoms with Crippen molar-refractivity contribution in [3.05, 3.63) is 40.3 Å². The quantitative estimate of drug-likeness (QED) is 0.387. The predicted molar refractivity (Wildman–Crippen MR) is 59.5 cm³/mol. The summed E-state index contributed by atoms with van der Waals surface area (Å²) in [5, 5.41) is 5.65. The minimum Gasteiger partial charge on any atom is -0.406 e. The molecular formula is C10H9F3N4O2. The summed E-state index contributed by atoms with van der Waals surface area (Å²) in [5.41, 5.74) is 8.19. The number of ether oxygens (including phenoxy) is 1. The normalized spacial score (nSPS) is 10.5. The van der Waals surface area contributed by atoms with Gasteiger partial charge in [0.05, 0.1) is 0 Å². The molecule has 1 amide bonds. The molecule has 0 aliphatic heterocycles. The lowest BCUT2D eigenvalue weighted by Gasteiger charge is -2.09. The monoisotopic (exact) mass is 274 g/mol. The fourth-order valence-corrected chi connectivity index (χ4v) is 1.17. The number of benzene rings is 1. The van der Waals surface area contributed by atoms with Gasteiger partial charge in [-0.25, -0.2) is 0 Å². The largest absolute Gasteiger partial charge is 0.573 e. The Morgan fingerprint density at radius 3 is 2.53 bits per heavy atom. The second kappa shape index (κ2) is 6.50. The van der Waals surface area contributed by atoms with Crippen LogP contribution in [-0.4, -0.2) is 25.4 Å². The lowest BCUT2D eigenvalue weighted by molar-refractivity contribution is -0.274. The van der Waals surface area contributed by atoms with Crippen molar-refractivity contribution < 1.29 is 22.7 Å². The standard InChI is InChI=1S/C10H9F3N4O2/c11-10(12,13)19-8-3-1-7(2-4-8)9(18)15-5-6-16-17-14/h1-4H,5-6H2,(H,15,18). The highest BCUT2D eigenvalue weighted by Gasteiger charge is 2.31. The molecule has 0 bridgehead atoms. The number of amides is 1. The van der Waals surface area contributed by atoms with Crippen LogP contribution < -0.4 is 10.1 Å². The van der Waals surface area contributed by atoms with E-state index in [4.69, 9.17) is 5.53 Å². The average Bonchev–Trinajstić information content (AvgIpc) is 2.33. The number of azide groups is 1. The number of hydrogen-bond acceptors (Lipinski definition) is 3. The number of rotatable bonds is 5. The second-order valence-electron chi connectivity index (χ2n) is 3.28. The number of nitrogens with one attached hydrogen (secondary N) is 1. The van der Waals surface area contributed by atoms with Crippen molar-refractivity contribution in [2.24, 2.45) is 5.11 Å². The van der Waals surface area contributed by atoms with E-state index >= 15 is 0 Å². The second-order valence-corrected chi connectivity index (χ2v) is 3.28. The number of nitrogens with zero attached hydrogens (tertiary/aromatic N) is 3. The minimum absolute atomic E-state index is 0.0948. The van der Waals surface area contributed by atoms with Crippen LogP contribution in [0, 0.1) is 0 Å². The molecule has 0 saturated heterocycles. The first-order chi connectivity index (χ1) is 8.92. The molecule has 0 radical (unpaired) electrons. The number of hydrogen-bond donors (Lipinski definition) is 1. The van der Waals surface area contributed by atoms with E-state index < -0.39 is 18.0 Å². The lowest BCUT2D eigenvalue weighted by atomic mass is 10.2. The summed E-state index contributed by atoms with van der Waals surface area (Å²) in [6.45, 7) is 0.237. The van der Waals surface area contributed by atoms with Crippen LogP contribution in [0.4, 0.5) is 13.2 Å². The van der Waals surface area contributed by atoms with E-state index in [2.05, 4.69) is 20.1 Å². The molecule has 1 aromatic carbocycles. The van der Waals surface area contributed by atoms with E-state index in [1.165, 1.54) is 12.1 Å². The summed E-state index contributed by atoms with van der Waals surface area (Å²) in [6.07, 6.45) is -4.76. The fourth-order valence-electron chi connectivity index (χ4n) is 1.17. The van der Waals surface area contributed by atoms with Crippen LogP contribution in [-0.2, 0) is 0 Å². The van der Waals surface area contributed by atoms with Gasteiger partial charge in [-0.3, -0.25) is 4.79 Å². The molecular weight excluding hydrogens is 265 g/mol. The van der Waals surface area contributed by atoms with E-state index in [9.17, 15) is 18.0 Å². The smallest absolute Gasteiger partial charge is 0.406 e. The molecule has 1 N–H and O–H groups in total. The van der Waals surface area contributed by atoms with E-state index in [1.807, 2.05) is 0 Å². The van der Waals surface area contributed by atoms with Crippen molar-refractivity contribution in [1.82, 2.24) is 5.32 Å². The maximum absolute atomic E-state index is 11.9.